The first-order valence-corrected chi connectivity index (χ1v) is 8.49. The summed E-state index contributed by atoms with van der Waals surface area (Å²) in [7, 11) is 0. The van der Waals surface area contributed by atoms with Crippen molar-refractivity contribution in [2.24, 2.45) is 0 Å². The van der Waals surface area contributed by atoms with Gasteiger partial charge in [-0.25, -0.2) is 9.18 Å². The van der Waals surface area contributed by atoms with E-state index in [1.165, 1.54) is 24.3 Å². The number of aliphatic hydroxyl groups is 1. The molecule has 0 aliphatic carbocycles. The maximum absolute atomic E-state index is 12.8. The minimum absolute atomic E-state index is 0.137. The van der Waals surface area contributed by atoms with Crippen LogP contribution in [0.25, 0.3) is 0 Å². The summed E-state index contributed by atoms with van der Waals surface area (Å²) in [5.41, 5.74) is -0.498. The molecule has 1 aliphatic heterocycles. The number of ether oxygens (including phenoxy) is 2. The van der Waals surface area contributed by atoms with Gasteiger partial charge in [0.05, 0.1) is 0 Å². The Morgan fingerprint density at radius 1 is 1.20 bits per heavy atom. The Balaban J connectivity index is 1.68. The molecule has 2 rings (SSSR count). The Morgan fingerprint density at radius 2 is 1.80 bits per heavy atom. The van der Waals surface area contributed by atoms with Crippen molar-refractivity contribution in [3.63, 3.8) is 0 Å². The molecule has 0 radical (unpaired) electrons. The first kappa shape index (κ1) is 19.5. The first-order chi connectivity index (χ1) is 11.7. The van der Waals surface area contributed by atoms with Gasteiger partial charge in [0.1, 0.15) is 29.9 Å². The van der Waals surface area contributed by atoms with Crippen molar-refractivity contribution in [3.05, 3.63) is 30.1 Å². The van der Waals surface area contributed by atoms with Gasteiger partial charge in [0.15, 0.2) is 0 Å². The Kier molecular flexibility index (Phi) is 6.61. The number of nitrogens with zero attached hydrogens (tertiary/aromatic N) is 2. The fraction of sp³-hybridized carbons (Fsp3) is 0.611. The lowest BCUT2D eigenvalue weighted by molar-refractivity contribution is 0.00713. The van der Waals surface area contributed by atoms with Crippen molar-refractivity contribution in [2.45, 2.75) is 32.5 Å². The highest BCUT2D eigenvalue weighted by molar-refractivity contribution is 5.68. The Bertz CT molecular complexity index is 551. The highest BCUT2D eigenvalue weighted by Gasteiger charge is 2.26. The molecule has 0 bridgehead atoms. The molecule has 1 N–H and O–H groups in total. The standard InChI is InChI=1S/C18H27FN2O4/c1-18(2,3)25-17(23)21-10-8-20(9-11-21)12-15(22)13-24-16-6-4-14(19)5-7-16/h4-7,15,22H,8-13H2,1-3H3/t15-/m0/s1. The van der Waals surface area contributed by atoms with E-state index in [0.717, 1.165) is 0 Å². The molecule has 0 aromatic heterocycles. The molecule has 1 amide bonds. The summed E-state index contributed by atoms with van der Waals surface area (Å²) >= 11 is 0. The molecule has 6 nitrogen and oxygen atoms in total. The monoisotopic (exact) mass is 354 g/mol. The maximum Gasteiger partial charge on any atom is 0.410 e. The molecular formula is C18H27FN2O4. The fourth-order valence-corrected chi connectivity index (χ4v) is 2.51. The topological polar surface area (TPSA) is 62.2 Å². The lowest BCUT2D eigenvalue weighted by Gasteiger charge is -2.36. The quantitative estimate of drug-likeness (QED) is 0.878. The first-order valence-electron chi connectivity index (χ1n) is 8.49. The van der Waals surface area contributed by atoms with Crippen LogP contribution in [-0.4, -0.2) is 72.0 Å². The van der Waals surface area contributed by atoms with Crippen molar-refractivity contribution in [3.8, 4) is 5.75 Å². The Morgan fingerprint density at radius 3 is 2.36 bits per heavy atom. The molecule has 140 valence electrons. The number of carbonyl (C=O) groups excluding carboxylic acids is 1. The van der Waals surface area contributed by atoms with E-state index in [1.54, 1.807) is 4.90 Å². The van der Waals surface area contributed by atoms with Gasteiger partial charge in [-0.05, 0) is 45.0 Å². The van der Waals surface area contributed by atoms with E-state index < -0.39 is 11.7 Å². The Labute approximate surface area is 148 Å². The van der Waals surface area contributed by atoms with E-state index in [1.807, 2.05) is 20.8 Å². The second-order valence-corrected chi connectivity index (χ2v) is 7.19. The van der Waals surface area contributed by atoms with Crippen LogP contribution in [0.2, 0.25) is 0 Å². The average molecular weight is 354 g/mol. The summed E-state index contributed by atoms with van der Waals surface area (Å²) in [6.07, 6.45) is -0.953. The van der Waals surface area contributed by atoms with Gasteiger partial charge in [0, 0.05) is 32.7 Å². The van der Waals surface area contributed by atoms with Gasteiger partial charge in [-0.15, -0.1) is 0 Å². The van der Waals surface area contributed by atoms with E-state index in [-0.39, 0.29) is 18.5 Å². The molecule has 1 aromatic carbocycles. The summed E-state index contributed by atoms with van der Waals surface area (Å²) in [6, 6.07) is 5.69. The van der Waals surface area contributed by atoms with Crippen molar-refractivity contribution < 1.29 is 23.8 Å². The number of rotatable bonds is 5. The summed E-state index contributed by atoms with van der Waals surface area (Å²) in [5.74, 6) is 0.200. The number of hydrogen-bond donors (Lipinski definition) is 1. The predicted octanol–water partition coefficient (Wildman–Crippen LogP) is 2.12. The third-order valence-electron chi connectivity index (χ3n) is 3.75. The number of amides is 1. The van der Waals surface area contributed by atoms with Crippen LogP contribution in [0.15, 0.2) is 24.3 Å². The van der Waals surface area contributed by atoms with E-state index in [2.05, 4.69) is 4.90 Å². The number of hydrogen-bond acceptors (Lipinski definition) is 5. The van der Waals surface area contributed by atoms with Crippen molar-refractivity contribution in [2.75, 3.05) is 39.3 Å². The molecule has 1 heterocycles. The van der Waals surface area contributed by atoms with Crippen molar-refractivity contribution >= 4 is 6.09 Å². The molecule has 1 aliphatic rings. The lowest BCUT2D eigenvalue weighted by Crippen LogP contribution is -2.51. The Hall–Kier alpha value is -1.86. The normalized spacial score (nSPS) is 17.2. The van der Waals surface area contributed by atoms with E-state index in [4.69, 9.17) is 9.47 Å². The van der Waals surface area contributed by atoms with Crippen LogP contribution >= 0.6 is 0 Å². The van der Waals surface area contributed by atoms with Gasteiger partial charge in [0.2, 0.25) is 0 Å². The molecule has 0 saturated carbocycles. The summed E-state index contributed by atoms with van der Waals surface area (Å²) in [4.78, 5) is 15.8. The SMILES string of the molecule is CC(C)(C)OC(=O)N1CCN(C[C@H](O)COc2ccc(F)cc2)CC1. The zero-order valence-corrected chi connectivity index (χ0v) is 15.1. The molecule has 1 fully saturated rings. The zero-order valence-electron chi connectivity index (χ0n) is 15.1. The van der Waals surface area contributed by atoms with Crippen molar-refractivity contribution in [1.82, 2.24) is 9.80 Å². The van der Waals surface area contributed by atoms with Gasteiger partial charge < -0.3 is 19.5 Å². The molecule has 0 spiro atoms. The van der Waals surface area contributed by atoms with Crippen LogP contribution in [-0.2, 0) is 4.74 Å². The maximum atomic E-state index is 12.8. The number of carbonyl (C=O) groups is 1. The van der Waals surface area contributed by atoms with E-state index >= 15 is 0 Å². The molecule has 1 atom stereocenters. The lowest BCUT2D eigenvalue weighted by atomic mass is 10.2. The van der Waals surface area contributed by atoms with Crippen LogP contribution in [0.1, 0.15) is 20.8 Å². The molecule has 1 saturated heterocycles. The van der Waals surface area contributed by atoms with Crippen LogP contribution < -0.4 is 4.74 Å². The van der Waals surface area contributed by atoms with Crippen LogP contribution in [0.3, 0.4) is 0 Å². The average Bonchev–Trinajstić information content (AvgIpc) is 2.53. The minimum Gasteiger partial charge on any atom is -0.491 e. The third-order valence-corrected chi connectivity index (χ3v) is 3.75. The second-order valence-electron chi connectivity index (χ2n) is 7.19. The van der Waals surface area contributed by atoms with Crippen LogP contribution in [0.4, 0.5) is 9.18 Å². The zero-order chi connectivity index (χ0) is 18.4. The fourth-order valence-electron chi connectivity index (χ4n) is 2.51. The molecular weight excluding hydrogens is 327 g/mol. The molecule has 7 heteroatoms. The number of β-amino-alcohol motifs (C(OH)–C–C–N with tert-alkyl or cyclic N) is 1. The molecule has 25 heavy (non-hydrogen) atoms. The summed E-state index contributed by atoms with van der Waals surface area (Å²) in [5, 5.41) is 10.1. The molecule has 1 aromatic rings. The van der Waals surface area contributed by atoms with Gasteiger partial charge in [-0.2, -0.15) is 0 Å². The number of aliphatic hydroxyl groups excluding tert-OH is 1. The van der Waals surface area contributed by atoms with E-state index in [9.17, 15) is 14.3 Å². The van der Waals surface area contributed by atoms with E-state index in [0.29, 0.717) is 38.5 Å². The largest absolute Gasteiger partial charge is 0.491 e. The van der Waals surface area contributed by atoms with Gasteiger partial charge in [-0.3, -0.25) is 4.90 Å². The minimum atomic E-state index is -0.655. The highest BCUT2D eigenvalue weighted by atomic mass is 19.1. The predicted molar refractivity (Wildman–Crippen MR) is 92.1 cm³/mol. The number of piperazine rings is 1. The van der Waals surface area contributed by atoms with Crippen LogP contribution in [0.5, 0.6) is 5.75 Å². The second kappa shape index (κ2) is 8.49. The van der Waals surface area contributed by atoms with Gasteiger partial charge >= 0.3 is 6.09 Å². The van der Waals surface area contributed by atoms with Gasteiger partial charge in [0.25, 0.3) is 0 Å². The highest BCUT2D eigenvalue weighted by Crippen LogP contribution is 2.13. The molecule has 0 unspecified atom stereocenters. The van der Waals surface area contributed by atoms with Crippen LogP contribution in [0, 0.1) is 5.82 Å². The summed E-state index contributed by atoms with van der Waals surface area (Å²) < 4.78 is 23.6. The third kappa shape index (κ3) is 6.88. The smallest absolute Gasteiger partial charge is 0.410 e. The number of halogens is 1. The summed E-state index contributed by atoms with van der Waals surface area (Å²) in [6.45, 7) is 8.62. The number of benzene rings is 1. The van der Waals surface area contributed by atoms with Gasteiger partial charge in [-0.1, -0.05) is 0 Å². The van der Waals surface area contributed by atoms with Crippen molar-refractivity contribution in [1.29, 1.82) is 0 Å².